The van der Waals surface area contributed by atoms with Gasteiger partial charge in [0.1, 0.15) is 0 Å². The van der Waals surface area contributed by atoms with Crippen LogP contribution in [0, 0.1) is 12.3 Å². The van der Waals surface area contributed by atoms with E-state index in [9.17, 15) is 0 Å². The third kappa shape index (κ3) is 1.90. The number of benzene rings is 3. The number of allylic oxidation sites excluding steroid dienone is 1. The zero-order valence-electron chi connectivity index (χ0n) is 12.6. The van der Waals surface area contributed by atoms with Crippen LogP contribution in [0.4, 0.5) is 0 Å². The summed E-state index contributed by atoms with van der Waals surface area (Å²) in [5.74, 6) is 0. The Morgan fingerprint density at radius 2 is 1.73 bits per heavy atom. The van der Waals surface area contributed by atoms with Crippen LogP contribution in [0.1, 0.15) is 27.8 Å². The quantitative estimate of drug-likeness (QED) is 0.630. The van der Waals surface area contributed by atoms with Crippen LogP contribution in [-0.4, -0.2) is 5.71 Å². The molecule has 4 rings (SSSR count). The highest BCUT2D eigenvalue weighted by Gasteiger charge is 2.17. The molecule has 0 aromatic heterocycles. The van der Waals surface area contributed by atoms with Gasteiger partial charge >= 0.3 is 0 Å². The lowest BCUT2D eigenvalue weighted by Gasteiger charge is -2.14. The Hall–Kier alpha value is -2.67. The van der Waals surface area contributed by atoms with Crippen LogP contribution >= 0.6 is 0 Å². The largest absolute Gasteiger partial charge is 0.300 e. The van der Waals surface area contributed by atoms with E-state index in [4.69, 9.17) is 5.41 Å². The lowest BCUT2D eigenvalue weighted by molar-refractivity contribution is 1.26. The highest BCUT2D eigenvalue weighted by molar-refractivity contribution is 6.18. The van der Waals surface area contributed by atoms with Crippen molar-refractivity contribution in [2.24, 2.45) is 0 Å². The van der Waals surface area contributed by atoms with E-state index in [0.717, 1.165) is 22.9 Å². The number of hydrogen-bond acceptors (Lipinski definition) is 1. The van der Waals surface area contributed by atoms with E-state index in [2.05, 4.69) is 55.5 Å². The van der Waals surface area contributed by atoms with Crippen molar-refractivity contribution in [2.45, 2.75) is 13.3 Å². The molecule has 22 heavy (non-hydrogen) atoms. The lowest BCUT2D eigenvalue weighted by atomic mass is 9.90. The fourth-order valence-corrected chi connectivity index (χ4v) is 3.35. The SMILES string of the molecule is Cc1ccc(C(=N)c2cccc3ccccc23)c2c1C=CC2. The summed E-state index contributed by atoms with van der Waals surface area (Å²) in [6, 6.07) is 18.7. The Balaban J connectivity index is 1.91. The molecular formula is C21H17N. The van der Waals surface area contributed by atoms with Gasteiger partial charge in [-0.3, -0.25) is 5.41 Å². The zero-order valence-corrected chi connectivity index (χ0v) is 12.6. The minimum absolute atomic E-state index is 0.622. The van der Waals surface area contributed by atoms with E-state index in [0.29, 0.717) is 5.71 Å². The van der Waals surface area contributed by atoms with Crippen molar-refractivity contribution in [1.29, 1.82) is 5.41 Å². The molecule has 0 unspecified atom stereocenters. The average molecular weight is 283 g/mol. The van der Waals surface area contributed by atoms with Crippen molar-refractivity contribution in [3.05, 3.63) is 88.5 Å². The molecule has 3 aromatic rings. The highest BCUT2D eigenvalue weighted by atomic mass is 14.4. The van der Waals surface area contributed by atoms with Gasteiger partial charge in [-0.2, -0.15) is 0 Å². The zero-order chi connectivity index (χ0) is 15.1. The second-order valence-electron chi connectivity index (χ2n) is 5.83. The molecule has 0 spiro atoms. The summed E-state index contributed by atoms with van der Waals surface area (Å²) in [7, 11) is 0. The van der Waals surface area contributed by atoms with E-state index in [1.807, 2.05) is 18.2 Å². The highest BCUT2D eigenvalue weighted by Crippen LogP contribution is 2.29. The first-order valence-electron chi connectivity index (χ1n) is 7.62. The number of hydrogen-bond donors (Lipinski definition) is 1. The van der Waals surface area contributed by atoms with Crippen LogP contribution < -0.4 is 0 Å². The third-order valence-electron chi connectivity index (χ3n) is 4.51. The predicted molar refractivity (Wildman–Crippen MR) is 93.8 cm³/mol. The van der Waals surface area contributed by atoms with Gasteiger partial charge in [-0.15, -0.1) is 0 Å². The third-order valence-corrected chi connectivity index (χ3v) is 4.51. The summed E-state index contributed by atoms with van der Waals surface area (Å²) < 4.78 is 0. The molecule has 0 heterocycles. The summed E-state index contributed by atoms with van der Waals surface area (Å²) in [4.78, 5) is 0. The monoisotopic (exact) mass is 283 g/mol. The van der Waals surface area contributed by atoms with Crippen LogP contribution in [0.2, 0.25) is 0 Å². The number of rotatable bonds is 2. The lowest BCUT2D eigenvalue weighted by Crippen LogP contribution is -2.07. The van der Waals surface area contributed by atoms with E-state index in [1.54, 1.807) is 0 Å². The van der Waals surface area contributed by atoms with E-state index < -0.39 is 0 Å². The van der Waals surface area contributed by atoms with Crippen molar-refractivity contribution >= 4 is 22.6 Å². The molecule has 1 aliphatic carbocycles. The van der Waals surface area contributed by atoms with Gasteiger partial charge in [0.25, 0.3) is 0 Å². The standard InChI is InChI=1S/C21H17N/c1-14-12-13-20(18-10-5-9-16(14)18)21(22)19-11-4-7-15-6-2-3-8-17(15)19/h2-9,11-13,22H,10H2,1H3. The molecule has 1 nitrogen and oxygen atoms in total. The molecule has 0 saturated heterocycles. The Bertz CT molecular complexity index is 927. The number of fused-ring (bicyclic) bond motifs is 2. The molecule has 1 aliphatic rings. The van der Waals surface area contributed by atoms with Gasteiger partial charge in [0, 0.05) is 11.1 Å². The van der Waals surface area contributed by atoms with Gasteiger partial charge in [0.15, 0.2) is 0 Å². The van der Waals surface area contributed by atoms with Crippen molar-refractivity contribution in [3.8, 4) is 0 Å². The molecule has 3 aromatic carbocycles. The van der Waals surface area contributed by atoms with E-state index >= 15 is 0 Å². The maximum Gasteiger partial charge on any atom is 0.0693 e. The minimum atomic E-state index is 0.622. The van der Waals surface area contributed by atoms with Crippen molar-refractivity contribution < 1.29 is 0 Å². The number of aryl methyl sites for hydroxylation is 1. The summed E-state index contributed by atoms with van der Waals surface area (Å²) in [5, 5.41) is 11.1. The molecular weight excluding hydrogens is 266 g/mol. The summed E-state index contributed by atoms with van der Waals surface area (Å²) in [5.41, 5.74) is 6.56. The second-order valence-corrected chi connectivity index (χ2v) is 5.83. The van der Waals surface area contributed by atoms with Crippen LogP contribution in [0.5, 0.6) is 0 Å². The van der Waals surface area contributed by atoms with Crippen molar-refractivity contribution in [1.82, 2.24) is 0 Å². The predicted octanol–water partition coefficient (Wildman–Crippen LogP) is 5.13. The Kier molecular flexibility index (Phi) is 2.93. The molecule has 0 fully saturated rings. The molecule has 0 saturated carbocycles. The van der Waals surface area contributed by atoms with Gasteiger partial charge in [-0.25, -0.2) is 0 Å². The van der Waals surface area contributed by atoms with Gasteiger partial charge < -0.3 is 0 Å². The maximum absolute atomic E-state index is 8.76. The average Bonchev–Trinajstić information content (AvgIpc) is 3.05. The van der Waals surface area contributed by atoms with Crippen LogP contribution in [-0.2, 0) is 6.42 Å². The van der Waals surface area contributed by atoms with Crippen LogP contribution in [0.15, 0.2) is 60.7 Å². The molecule has 106 valence electrons. The Morgan fingerprint density at radius 3 is 2.64 bits per heavy atom. The first-order chi connectivity index (χ1) is 10.8. The van der Waals surface area contributed by atoms with Gasteiger partial charge in [0.05, 0.1) is 5.71 Å². The molecule has 0 bridgehead atoms. The molecule has 0 radical (unpaired) electrons. The fourth-order valence-electron chi connectivity index (χ4n) is 3.35. The van der Waals surface area contributed by atoms with Crippen molar-refractivity contribution in [3.63, 3.8) is 0 Å². The molecule has 0 amide bonds. The van der Waals surface area contributed by atoms with E-state index in [-0.39, 0.29) is 0 Å². The van der Waals surface area contributed by atoms with Crippen LogP contribution in [0.3, 0.4) is 0 Å². The van der Waals surface area contributed by atoms with Crippen molar-refractivity contribution in [2.75, 3.05) is 0 Å². The van der Waals surface area contributed by atoms with Gasteiger partial charge in [-0.1, -0.05) is 66.7 Å². The first-order valence-corrected chi connectivity index (χ1v) is 7.62. The molecule has 1 heteroatoms. The van der Waals surface area contributed by atoms with Crippen LogP contribution in [0.25, 0.3) is 16.8 Å². The second kappa shape index (κ2) is 4.96. The van der Waals surface area contributed by atoms with Gasteiger partial charge in [0.2, 0.25) is 0 Å². The number of nitrogens with one attached hydrogen (secondary N) is 1. The fraction of sp³-hybridized carbons (Fsp3) is 0.0952. The Morgan fingerprint density at radius 1 is 0.909 bits per heavy atom. The summed E-state index contributed by atoms with van der Waals surface area (Å²) in [6.07, 6.45) is 5.31. The Labute approximate surface area is 130 Å². The minimum Gasteiger partial charge on any atom is -0.300 e. The molecule has 0 aliphatic heterocycles. The summed E-state index contributed by atoms with van der Waals surface area (Å²) >= 11 is 0. The maximum atomic E-state index is 8.76. The van der Waals surface area contributed by atoms with Gasteiger partial charge in [-0.05, 0) is 40.8 Å². The smallest absolute Gasteiger partial charge is 0.0693 e. The normalized spacial score (nSPS) is 12.6. The van der Waals surface area contributed by atoms with E-state index in [1.165, 1.54) is 22.1 Å². The first kappa shape index (κ1) is 13.0. The summed E-state index contributed by atoms with van der Waals surface area (Å²) in [6.45, 7) is 2.14. The molecule has 1 N–H and O–H groups in total. The molecule has 0 atom stereocenters. The topological polar surface area (TPSA) is 23.9 Å².